The maximum Gasteiger partial charge on any atom is 0.407 e. The van der Waals surface area contributed by atoms with Crippen LogP contribution < -0.4 is 4.74 Å². The van der Waals surface area contributed by atoms with Gasteiger partial charge in [0.05, 0.1) is 15.1 Å². The molecule has 1 fully saturated rings. The standard InChI is InChI=1S/C20H23BrN2O5S/c1-13-9-15(14-5-7-23(8-6-14)20(24)25)11-22-18(13)12-28-19-4-3-16(10-17(19)21)29(2,26)27/h3-4,9-11,14H,5-8,12H2,1-2H3,(H,24,25). The number of amides is 1. The normalized spacial score (nSPS) is 15.3. The van der Waals surface area contributed by atoms with Crippen molar-refractivity contribution in [2.45, 2.75) is 37.2 Å². The van der Waals surface area contributed by atoms with Gasteiger partial charge in [0.15, 0.2) is 9.84 Å². The summed E-state index contributed by atoms with van der Waals surface area (Å²) in [6.07, 6.45) is 3.73. The van der Waals surface area contributed by atoms with Crippen molar-refractivity contribution < 1.29 is 23.1 Å². The van der Waals surface area contributed by atoms with E-state index in [1.165, 1.54) is 17.0 Å². The Hall–Kier alpha value is -2.13. The Morgan fingerprint density at radius 2 is 2.00 bits per heavy atom. The molecule has 0 saturated carbocycles. The molecule has 1 saturated heterocycles. The Balaban J connectivity index is 1.65. The molecule has 0 aliphatic carbocycles. The zero-order valence-electron chi connectivity index (χ0n) is 16.3. The van der Waals surface area contributed by atoms with Crippen molar-refractivity contribution in [3.05, 3.63) is 51.8 Å². The lowest BCUT2D eigenvalue weighted by Gasteiger charge is -2.30. The molecule has 3 rings (SSSR count). The maximum absolute atomic E-state index is 11.6. The summed E-state index contributed by atoms with van der Waals surface area (Å²) < 4.78 is 29.7. The average molecular weight is 483 g/mol. The molecule has 9 heteroatoms. The summed E-state index contributed by atoms with van der Waals surface area (Å²) in [7, 11) is -3.27. The number of carbonyl (C=O) groups is 1. The summed E-state index contributed by atoms with van der Waals surface area (Å²) in [6, 6.07) is 6.76. The predicted molar refractivity (Wildman–Crippen MR) is 112 cm³/mol. The summed E-state index contributed by atoms with van der Waals surface area (Å²) in [5, 5.41) is 9.07. The highest BCUT2D eigenvalue weighted by Crippen LogP contribution is 2.30. The minimum absolute atomic E-state index is 0.226. The van der Waals surface area contributed by atoms with Gasteiger partial charge in [-0.25, -0.2) is 13.2 Å². The number of nitrogens with zero attached hydrogens (tertiary/aromatic N) is 2. The van der Waals surface area contributed by atoms with Gasteiger partial charge in [-0.3, -0.25) is 4.98 Å². The molecule has 1 N–H and O–H groups in total. The average Bonchev–Trinajstić information content (AvgIpc) is 2.67. The number of rotatable bonds is 5. The first-order chi connectivity index (χ1) is 13.6. The van der Waals surface area contributed by atoms with Gasteiger partial charge in [-0.1, -0.05) is 6.07 Å². The van der Waals surface area contributed by atoms with E-state index in [2.05, 4.69) is 27.0 Å². The summed E-state index contributed by atoms with van der Waals surface area (Å²) in [6.45, 7) is 3.33. The van der Waals surface area contributed by atoms with Gasteiger partial charge < -0.3 is 14.7 Å². The summed E-state index contributed by atoms with van der Waals surface area (Å²) >= 11 is 3.35. The molecule has 0 bridgehead atoms. The molecule has 1 aromatic carbocycles. The van der Waals surface area contributed by atoms with Crippen LogP contribution in [0.25, 0.3) is 0 Å². The quantitative estimate of drug-likeness (QED) is 0.691. The van der Waals surface area contributed by atoms with Crippen LogP contribution in [0.2, 0.25) is 0 Å². The van der Waals surface area contributed by atoms with E-state index in [1.807, 2.05) is 13.1 Å². The monoisotopic (exact) mass is 482 g/mol. The van der Waals surface area contributed by atoms with Gasteiger partial charge in [-0.05, 0) is 70.9 Å². The second-order valence-corrected chi connectivity index (χ2v) is 10.1. The van der Waals surface area contributed by atoms with Gasteiger partial charge in [0, 0.05) is 25.5 Å². The SMILES string of the molecule is Cc1cc(C2CCN(C(=O)O)CC2)cnc1COc1ccc(S(C)(=O)=O)cc1Br. The van der Waals surface area contributed by atoms with E-state index in [9.17, 15) is 13.2 Å². The summed E-state index contributed by atoms with van der Waals surface area (Å²) in [5.41, 5.74) is 2.93. The molecule has 1 aliphatic heterocycles. The number of likely N-dealkylation sites (tertiary alicyclic amines) is 1. The largest absolute Gasteiger partial charge is 0.486 e. The van der Waals surface area contributed by atoms with Gasteiger partial charge in [0.1, 0.15) is 12.4 Å². The third-order valence-corrected chi connectivity index (χ3v) is 6.87. The first-order valence-electron chi connectivity index (χ1n) is 9.21. The minimum Gasteiger partial charge on any atom is -0.486 e. The van der Waals surface area contributed by atoms with E-state index in [0.29, 0.717) is 29.2 Å². The smallest absolute Gasteiger partial charge is 0.407 e. The maximum atomic E-state index is 11.6. The van der Waals surface area contributed by atoms with E-state index >= 15 is 0 Å². The van der Waals surface area contributed by atoms with Crippen molar-refractivity contribution in [2.75, 3.05) is 19.3 Å². The van der Waals surface area contributed by atoms with Gasteiger partial charge >= 0.3 is 6.09 Å². The van der Waals surface area contributed by atoms with Crippen LogP contribution in [0, 0.1) is 6.92 Å². The Kier molecular flexibility index (Phi) is 6.48. The molecule has 29 heavy (non-hydrogen) atoms. The Morgan fingerprint density at radius 1 is 1.31 bits per heavy atom. The number of sulfone groups is 1. The molecular formula is C20H23BrN2O5S. The van der Waals surface area contributed by atoms with Crippen LogP contribution in [0.1, 0.15) is 35.6 Å². The van der Waals surface area contributed by atoms with Crippen molar-refractivity contribution >= 4 is 31.9 Å². The minimum atomic E-state index is -3.27. The number of halogens is 1. The van der Waals surface area contributed by atoms with Gasteiger partial charge in [0.25, 0.3) is 0 Å². The highest BCUT2D eigenvalue weighted by atomic mass is 79.9. The zero-order chi connectivity index (χ0) is 21.2. The molecule has 2 heterocycles. The van der Waals surface area contributed by atoms with Crippen molar-refractivity contribution in [1.29, 1.82) is 0 Å². The molecule has 1 aromatic heterocycles. The van der Waals surface area contributed by atoms with Gasteiger partial charge in [0.2, 0.25) is 0 Å². The number of piperidine rings is 1. The van der Waals surface area contributed by atoms with Crippen LogP contribution in [0.15, 0.2) is 39.8 Å². The molecule has 156 valence electrons. The molecular weight excluding hydrogens is 460 g/mol. The lowest BCUT2D eigenvalue weighted by molar-refractivity contribution is 0.132. The van der Waals surface area contributed by atoms with E-state index in [-0.39, 0.29) is 11.5 Å². The Morgan fingerprint density at radius 3 is 2.55 bits per heavy atom. The van der Waals surface area contributed by atoms with Crippen molar-refractivity contribution in [2.24, 2.45) is 0 Å². The second kappa shape index (κ2) is 8.71. The van der Waals surface area contributed by atoms with Crippen LogP contribution in [0.4, 0.5) is 4.79 Å². The van der Waals surface area contributed by atoms with Crippen molar-refractivity contribution in [3.8, 4) is 5.75 Å². The van der Waals surface area contributed by atoms with Crippen LogP contribution in [-0.4, -0.2) is 48.8 Å². The van der Waals surface area contributed by atoms with Crippen LogP contribution in [0.3, 0.4) is 0 Å². The van der Waals surface area contributed by atoms with Crippen LogP contribution in [0.5, 0.6) is 5.75 Å². The van der Waals surface area contributed by atoms with Gasteiger partial charge in [-0.15, -0.1) is 0 Å². The van der Waals surface area contributed by atoms with Crippen LogP contribution in [-0.2, 0) is 16.4 Å². The van der Waals surface area contributed by atoms with Crippen LogP contribution >= 0.6 is 15.9 Å². The summed E-state index contributed by atoms with van der Waals surface area (Å²) in [4.78, 5) is 17.3. The molecule has 0 unspecified atom stereocenters. The van der Waals surface area contributed by atoms with Crippen molar-refractivity contribution in [1.82, 2.24) is 9.88 Å². The third kappa shape index (κ3) is 5.27. The number of hydrogen-bond donors (Lipinski definition) is 1. The fourth-order valence-corrected chi connectivity index (χ4v) is 4.67. The molecule has 0 radical (unpaired) electrons. The second-order valence-electron chi connectivity index (χ2n) is 7.23. The highest BCUT2D eigenvalue weighted by molar-refractivity contribution is 9.10. The third-order valence-electron chi connectivity index (χ3n) is 5.14. The van der Waals surface area contributed by atoms with Gasteiger partial charge in [-0.2, -0.15) is 0 Å². The van der Waals surface area contributed by atoms with E-state index in [4.69, 9.17) is 9.84 Å². The van der Waals surface area contributed by atoms with E-state index in [1.54, 1.807) is 6.07 Å². The molecule has 1 amide bonds. The molecule has 2 aromatic rings. The Bertz CT molecular complexity index is 1020. The first kappa shape index (κ1) is 21.6. The Labute approximate surface area is 178 Å². The lowest BCUT2D eigenvalue weighted by atomic mass is 9.90. The number of benzene rings is 1. The molecule has 1 aliphatic rings. The fourth-order valence-electron chi connectivity index (χ4n) is 3.38. The number of aromatic nitrogens is 1. The number of aryl methyl sites for hydroxylation is 1. The number of hydrogen-bond acceptors (Lipinski definition) is 5. The van der Waals surface area contributed by atoms with E-state index in [0.717, 1.165) is 35.9 Å². The lowest BCUT2D eigenvalue weighted by Crippen LogP contribution is -2.36. The number of ether oxygens (including phenoxy) is 1. The van der Waals surface area contributed by atoms with Crippen molar-refractivity contribution in [3.63, 3.8) is 0 Å². The topological polar surface area (TPSA) is 96.8 Å². The number of carboxylic acid groups (broad SMARTS) is 1. The zero-order valence-corrected chi connectivity index (χ0v) is 18.7. The molecule has 7 nitrogen and oxygen atoms in total. The molecule has 0 spiro atoms. The highest BCUT2D eigenvalue weighted by Gasteiger charge is 2.24. The van der Waals surface area contributed by atoms with E-state index < -0.39 is 15.9 Å². The number of pyridine rings is 1. The molecule has 0 atom stereocenters. The summed E-state index contributed by atoms with van der Waals surface area (Å²) in [5.74, 6) is 0.855. The predicted octanol–water partition coefficient (Wildman–Crippen LogP) is 3.99. The fraction of sp³-hybridized carbons (Fsp3) is 0.400. The first-order valence-corrected chi connectivity index (χ1v) is 11.9.